The van der Waals surface area contributed by atoms with Gasteiger partial charge in [0.2, 0.25) is 0 Å². The first-order valence-electron chi connectivity index (χ1n) is 8.57. The molecular formula is C17H28N4O2. The number of carbonyl (C=O) groups is 1. The van der Waals surface area contributed by atoms with Gasteiger partial charge in [0.1, 0.15) is 11.5 Å². The second-order valence-electron chi connectivity index (χ2n) is 7.61. The maximum Gasteiger partial charge on any atom is 0.271 e. The number of carbonyl (C=O) groups excluding carboxylic acids is 1. The zero-order valence-corrected chi connectivity index (χ0v) is 14.4. The lowest BCUT2D eigenvalue weighted by atomic mass is 9.88. The number of amides is 1. The second kappa shape index (κ2) is 6.61. The topological polar surface area (TPSA) is 70.2 Å². The monoisotopic (exact) mass is 320 g/mol. The van der Waals surface area contributed by atoms with Crippen LogP contribution in [0.25, 0.3) is 0 Å². The summed E-state index contributed by atoms with van der Waals surface area (Å²) in [6.07, 6.45) is 3.03. The van der Waals surface area contributed by atoms with Crippen molar-refractivity contribution in [3.05, 3.63) is 17.2 Å². The van der Waals surface area contributed by atoms with Crippen LogP contribution in [0.3, 0.4) is 0 Å². The van der Waals surface area contributed by atoms with E-state index in [1.165, 1.54) is 0 Å². The third kappa shape index (κ3) is 3.75. The molecule has 0 aromatic carbocycles. The van der Waals surface area contributed by atoms with Crippen molar-refractivity contribution in [1.82, 2.24) is 20.2 Å². The Hall–Kier alpha value is -1.40. The van der Waals surface area contributed by atoms with Crippen LogP contribution in [0.15, 0.2) is 0 Å². The van der Waals surface area contributed by atoms with Crippen LogP contribution in [-0.4, -0.2) is 60.7 Å². The third-order valence-corrected chi connectivity index (χ3v) is 4.88. The Kier molecular flexibility index (Phi) is 4.73. The summed E-state index contributed by atoms with van der Waals surface area (Å²) in [5.41, 5.74) is 1.66. The summed E-state index contributed by atoms with van der Waals surface area (Å²) >= 11 is 0. The molecule has 0 spiro atoms. The minimum Gasteiger partial charge on any atom is -0.385 e. The zero-order chi connectivity index (χ0) is 16.4. The lowest BCUT2D eigenvalue weighted by Crippen LogP contribution is -2.32. The Bertz CT molecular complexity index is 567. The fraction of sp³-hybridized carbons (Fsp3) is 0.765. The van der Waals surface area contributed by atoms with Crippen molar-refractivity contribution in [2.45, 2.75) is 39.0 Å². The highest BCUT2D eigenvalue weighted by Crippen LogP contribution is 2.30. The van der Waals surface area contributed by atoms with Gasteiger partial charge in [0, 0.05) is 45.0 Å². The smallest absolute Gasteiger partial charge is 0.271 e. The number of H-pyrrole nitrogens is 1. The molecule has 0 radical (unpaired) electrons. The van der Waals surface area contributed by atoms with Crippen LogP contribution in [0, 0.1) is 5.41 Å². The largest absolute Gasteiger partial charge is 0.385 e. The second-order valence-corrected chi connectivity index (χ2v) is 7.61. The van der Waals surface area contributed by atoms with Crippen LogP contribution in [-0.2, 0) is 11.2 Å². The van der Waals surface area contributed by atoms with Crippen molar-refractivity contribution in [2.75, 3.05) is 39.9 Å². The number of ether oxygens (including phenoxy) is 1. The van der Waals surface area contributed by atoms with Gasteiger partial charge in [0.25, 0.3) is 5.91 Å². The van der Waals surface area contributed by atoms with Gasteiger partial charge in [0.05, 0.1) is 0 Å². The number of fused-ring (bicyclic) bond motifs is 1. The summed E-state index contributed by atoms with van der Waals surface area (Å²) < 4.78 is 5.12. The van der Waals surface area contributed by atoms with Crippen molar-refractivity contribution in [1.29, 1.82) is 0 Å². The van der Waals surface area contributed by atoms with Crippen LogP contribution in [0.2, 0.25) is 0 Å². The molecule has 0 aliphatic carbocycles. The quantitative estimate of drug-likeness (QED) is 0.808. The standard InChI is InChI=1S/C17H28N4O2/c1-17(2)9-13-14(16(22)18-11-17)20-15(19-13)12-5-7-21(10-12)6-4-8-23-3/h12H,4-11H2,1-3H3,(H,18,22)(H,19,20). The molecule has 128 valence electrons. The van der Waals surface area contributed by atoms with Crippen molar-refractivity contribution < 1.29 is 9.53 Å². The summed E-state index contributed by atoms with van der Waals surface area (Å²) in [4.78, 5) is 22.8. The average molecular weight is 320 g/mol. The molecule has 6 nitrogen and oxygen atoms in total. The highest BCUT2D eigenvalue weighted by atomic mass is 16.5. The number of hydrogen-bond donors (Lipinski definition) is 2. The molecule has 3 heterocycles. The first-order chi connectivity index (χ1) is 11.0. The fourth-order valence-corrected chi connectivity index (χ4v) is 3.57. The van der Waals surface area contributed by atoms with Crippen molar-refractivity contribution in [2.24, 2.45) is 5.41 Å². The van der Waals surface area contributed by atoms with Crippen molar-refractivity contribution in [3.8, 4) is 0 Å². The molecule has 1 saturated heterocycles. The Morgan fingerprint density at radius 3 is 3.04 bits per heavy atom. The van der Waals surface area contributed by atoms with E-state index in [0.29, 0.717) is 18.2 Å². The fourth-order valence-electron chi connectivity index (χ4n) is 3.57. The third-order valence-electron chi connectivity index (χ3n) is 4.88. The van der Waals surface area contributed by atoms with E-state index in [1.54, 1.807) is 7.11 Å². The Balaban J connectivity index is 1.69. The SMILES string of the molecule is COCCCN1CCC(c2nc3c([nH]2)CC(C)(C)CNC3=O)C1. The molecule has 1 unspecified atom stereocenters. The van der Waals surface area contributed by atoms with Crippen molar-refractivity contribution >= 4 is 5.91 Å². The first kappa shape index (κ1) is 16.5. The van der Waals surface area contributed by atoms with Crippen LogP contribution < -0.4 is 5.32 Å². The van der Waals surface area contributed by atoms with Crippen molar-refractivity contribution in [3.63, 3.8) is 0 Å². The maximum absolute atomic E-state index is 12.2. The molecule has 1 amide bonds. The minimum atomic E-state index is -0.0389. The normalized spacial score (nSPS) is 24.3. The highest BCUT2D eigenvalue weighted by molar-refractivity contribution is 5.94. The molecule has 0 saturated carbocycles. The Morgan fingerprint density at radius 2 is 2.26 bits per heavy atom. The van der Waals surface area contributed by atoms with Gasteiger partial charge in [-0.25, -0.2) is 4.98 Å². The van der Waals surface area contributed by atoms with E-state index in [-0.39, 0.29) is 11.3 Å². The number of likely N-dealkylation sites (tertiary alicyclic amines) is 1. The molecular weight excluding hydrogens is 292 g/mol. The minimum absolute atomic E-state index is 0.0389. The van der Waals surface area contributed by atoms with Gasteiger partial charge in [0.15, 0.2) is 0 Å². The lowest BCUT2D eigenvalue weighted by molar-refractivity contribution is 0.0940. The first-order valence-corrected chi connectivity index (χ1v) is 8.57. The number of aromatic amines is 1. The number of imidazole rings is 1. The van der Waals surface area contributed by atoms with E-state index in [0.717, 1.165) is 57.0 Å². The van der Waals surface area contributed by atoms with Gasteiger partial charge < -0.3 is 19.9 Å². The van der Waals surface area contributed by atoms with Gasteiger partial charge in [-0.15, -0.1) is 0 Å². The van der Waals surface area contributed by atoms with Crippen LogP contribution in [0.5, 0.6) is 0 Å². The zero-order valence-electron chi connectivity index (χ0n) is 14.4. The van der Waals surface area contributed by atoms with Gasteiger partial charge >= 0.3 is 0 Å². The molecule has 3 rings (SSSR count). The Labute approximate surface area is 138 Å². The molecule has 6 heteroatoms. The molecule has 2 aliphatic rings. The number of rotatable bonds is 5. The average Bonchev–Trinajstić information content (AvgIpc) is 3.09. The lowest BCUT2D eigenvalue weighted by Gasteiger charge is -2.21. The number of nitrogens with one attached hydrogen (secondary N) is 2. The number of methoxy groups -OCH3 is 1. The molecule has 23 heavy (non-hydrogen) atoms. The molecule has 0 bridgehead atoms. The summed E-state index contributed by atoms with van der Waals surface area (Å²) in [5.74, 6) is 1.35. The van der Waals surface area contributed by atoms with Crippen LogP contribution in [0.1, 0.15) is 54.6 Å². The molecule has 2 N–H and O–H groups in total. The number of aromatic nitrogens is 2. The van der Waals surface area contributed by atoms with Gasteiger partial charge in [-0.2, -0.15) is 0 Å². The van der Waals surface area contributed by atoms with Gasteiger partial charge in [-0.3, -0.25) is 4.79 Å². The predicted molar refractivity (Wildman–Crippen MR) is 88.7 cm³/mol. The van der Waals surface area contributed by atoms with E-state index in [9.17, 15) is 4.79 Å². The van der Waals surface area contributed by atoms with Crippen LogP contribution in [0.4, 0.5) is 0 Å². The van der Waals surface area contributed by atoms with E-state index >= 15 is 0 Å². The summed E-state index contributed by atoms with van der Waals surface area (Å²) in [7, 11) is 1.75. The Morgan fingerprint density at radius 1 is 1.43 bits per heavy atom. The van der Waals surface area contributed by atoms with E-state index < -0.39 is 0 Å². The van der Waals surface area contributed by atoms with E-state index in [2.05, 4.69) is 34.0 Å². The number of hydrogen-bond acceptors (Lipinski definition) is 4. The molecule has 2 aliphatic heterocycles. The van der Waals surface area contributed by atoms with E-state index in [1.807, 2.05) is 0 Å². The number of nitrogens with zero attached hydrogens (tertiary/aromatic N) is 2. The predicted octanol–water partition coefficient (Wildman–Crippen LogP) is 1.55. The molecule has 1 aromatic heterocycles. The highest BCUT2D eigenvalue weighted by Gasteiger charge is 2.32. The summed E-state index contributed by atoms with van der Waals surface area (Å²) in [6, 6.07) is 0. The summed E-state index contributed by atoms with van der Waals surface area (Å²) in [5, 5.41) is 2.99. The van der Waals surface area contributed by atoms with Gasteiger partial charge in [-0.05, 0) is 31.2 Å². The summed E-state index contributed by atoms with van der Waals surface area (Å²) in [6.45, 7) is 9.04. The molecule has 1 atom stereocenters. The maximum atomic E-state index is 12.2. The molecule has 1 fully saturated rings. The molecule has 1 aromatic rings. The van der Waals surface area contributed by atoms with Crippen LogP contribution >= 0.6 is 0 Å². The van der Waals surface area contributed by atoms with E-state index in [4.69, 9.17) is 4.74 Å². The van der Waals surface area contributed by atoms with Gasteiger partial charge in [-0.1, -0.05) is 13.8 Å².